The van der Waals surface area contributed by atoms with Crippen molar-refractivity contribution in [2.45, 2.75) is 26.4 Å². The third kappa shape index (κ3) is 4.85. The summed E-state index contributed by atoms with van der Waals surface area (Å²) in [5.41, 5.74) is 1.67. The Morgan fingerprint density at radius 1 is 1.65 bits per heavy atom. The minimum atomic E-state index is -0.0395. The predicted octanol–water partition coefficient (Wildman–Crippen LogP) is 1.62. The zero-order valence-electron chi connectivity index (χ0n) is 12.2. The molecule has 1 fully saturated rings. The molecule has 0 aromatic carbocycles. The lowest BCUT2D eigenvalue weighted by atomic mass is 10.1. The number of amides is 1. The van der Waals surface area contributed by atoms with Crippen LogP contribution in [0.25, 0.3) is 0 Å². The van der Waals surface area contributed by atoms with Crippen LogP contribution in [-0.4, -0.2) is 54.7 Å². The van der Waals surface area contributed by atoms with Gasteiger partial charge in [-0.3, -0.25) is 14.7 Å². The number of rotatable bonds is 6. The summed E-state index contributed by atoms with van der Waals surface area (Å²) in [5.74, 6) is 0.641. The molecular formula is C14H23N3O2S. The van der Waals surface area contributed by atoms with Crippen LogP contribution in [0.3, 0.4) is 0 Å². The lowest BCUT2D eigenvalue weighted by molar-refractivity contribution is -0.0344. The van der Waals surface area contributed by atoms with E-state index in [9.17, 15) is 4.79 Å². The van der Waals surface area contributed by atoms with Crippen molar-refractivity contribution in [1.29, 1.82) is 0 Å². The molecule has 0 radical (unpaired) electrons. The minimum absolute atomic E-state index is 0.0395. The summed E-state index contributed by atoms with van der Waals surface area (Å²) in [6.45, 7) is 9.01. The molecule has 1 aromatic rings. The molecule has 112 valence electrons. The smallest absolute Gasteiger partial charge is 0.262 e. The van der Waals surface area contributed by atoms with Gasteiger partial charge in [-0.05, 0) is 12.3 Å². The van der Waals surface area contributed by atoms with Crippen molar-refractivity contribution in [2.24, 2.45) is 5.92 Å². The van der Waals surface area contributed by atoms with E-state index in [2.05, 4.69) is 29.0 Å². The Balaban J connectivity index is 1.67. The fourth-order valence-electron chi connectivity index (χ4n) is 2.40. The molecule has 2 rings (SSSR count). The second-order valence-electron chi connectivity index (χ2n) is 5.56. The number of ether oxygens (including phenoxy) is 1. The molecule has 0 unspecified atom stereocenters. The van der Waals surface area contributed by atoms with Crippen LogP contribution in [0.5, 0.6) is 0 Å². The Morgan fingerprint density at radius 3 is 3.20 bits per heavy atom. The van der Waals surface area contributed by atoms with Gasteiger partial charge in [0.2, 0.25) is 0 Å². The standard InChI is InChI=1S/C14H23N3O2S/c1-11(2)8-17-5-6-19-12(9-17)3-4-16-14(18)13-7-15-10-20-13/h7,10-12H,3-6,8-9H2,1-2H3,(H,16,18)/t12-/m0/s1. The lowest BCUT2D eigenvalue weighted by Gasteiger charge is -2.33. The lowest BCUT2D eigenvalue weighted by Crippen LogP contribution is -2.45. The molecule has 1 aromatic heterocycles. The minimum Gasteiger partial charge on any atom is -0.375 e. The number of nitrogens with zero attached hydrogens (tertiary/aromatic N) is 2. The number of aromatic nitrogens is 1. The van der Waals surface area contributed by atoms with Gasteiger partial charge in [-0.2, -0.15) is 0 Å². The van der Waals surface area contributed by atoms with Crippen molar-refractivity contribution < 1.29 is 9.53 Å². The summed E-state index contributed by atoms with van der Waals surface area (Å²) in [6, 6.07) is 0. The van der Waals surface area contributed by atoms with E-state index in [1.165, 1.54) is 11.3 Å². The number of hydrogen-bond donors (Lipinski definition) is 1. The van der Waals surface area contributed by atoms with Crippen LogP contribution >= 0.6 is 11.3 Å². The average Bonchev–Trinajstić information content (AvgIpc) is 2.92. The third-order valence-corrected chi connectivity index (χ3v) is 4.03. The monoisotopic (exact) mass is 297 g/mol. The maximum absolute atomic E-state index is 11.8. The molecule has 1 saturated heterocycles. The van der Waals surface area contributed by atoms with Gasteiger partial charge in [-0.15, -0.1) is 11.3 Å². The molecule has 1 N–H and O–H groups in total. The van der Waals surface area contributed by atoms with Crippen molar-refractivity contribution in [3.63, 3.8) is 0 Å². The van der Waals surface area contributed by atoms with E-state index in [4.69, 9.17) is 4.74 Å². The molecule has 0 bridgehead atoms. The second-order valence-corrected chi connectivity index (χ2v) is 6.44. The van der Waals surface area contributed by atoms with Gasteiger partial charge in [-0.1, -0.05) is 13.8 Å². The molecule has 5 nitrogen and oxygen atoms in total. The van der Waals surface area contributed by atoms with E-state index in [1.807, 2.05) is 0 Å². The van der Waals surface area contributed by atoms with Gasteiger partial charge in [0, 0.05) is 26.2 Å². The zero-order chi connectivity index (χ0) is 14.4. The van der Waals surface area contributed by atoms with Gasteiger partial charge in [-0.25, -0.2) is 0 Å². The first-order valence-corrected chi connectivity index (χ1v) is 8.03. The van der Waals surface area contributed by atoms with Crippen LogP contribution in [0.1, 0.15) is 29.9 Å². The highest BCUT2D eigenvalue weighted by molar-refractivity contribution is 7.11. The summed E-state index contributed by atoms with van der Waals surface area (Å²) < 4.78 is 5.76. The SMILES string of the molecule is CC(C)CN1CCO[C@@H](CCNC(=O)c2cncs2)C1. The molecule has 2 heterocycles. The first-order valence-electron chi connectivity index (χ1n) is 7.16. The average molecular weight is 297 g/mol. The normalized spacial score (nSPS) is 20.2. The number of morpholine rings is 1. The van der Waals surface area contributed by atoms with Crippen LogP contribution in [0.15, 0.2) is 11.7 Å². The highest BCUT2D eigenvalue weighted by atomic mass is 32.1. The van der Waals surface area contributed by atoms with Crippen molar-refractivity contribution in [3.8, 4) is 0 Å². The summed E-state index contributed by atoms with van der Waals surface area (Å²) in [5, 5.41) is 2.92. The maximum atomic E-state index is 11.8. The van der Waals surface area contributed by atoms with Crippen LogP contribution in [0.4, 0.5) is 0 Å². The number of carbonyl (C=O) groups excluding carboxylic acids is 1. The fourth-order valence-corrected chi connectivity index (χ4v) is 2.94. The van der Waals surface area contributed by atoms with Gasteiger partial charge >= 0.3 is 0 Å². The zero-order valence-corrected chi connectivity index (χ0v) is 13.0. The van der Waals surface area contributed by atoms with E-state index < -0.39 is 0 Å². The van der Waals surface area contributed by atoms with Crippen molar-refractivity contribution in [3.05, 3.63) is 16.6 Å². The largest absolute Gasteiger partial charge is 0.375 e. The van der Waals surface area contributed by atoms with Gasteiger partial charge in [0.1, 0.15) is 4.88 Å². The van der Waals surface area contributed by atoms with Crippen molar-refractivity contribution >= 4 is 17.2 Å². The number of thiazole rings is 1. The highest BCUT2D eigenvalue weighted by Gasteiger charge is 2.20. The van der Waals surface area contributed by atoms with E-state index in [0.717, 1.165) is 32.7 Å². The fraction of sp³-hybridized carbons (Fsp3) is 0.714. The molecule has 0 spiro atoms. The number of carbonyl (C=O) groups is 1. The molecule has 0 aliphatic carbocycles. The molecule has 1 atom stereocenters. The van der Waals surface area contributed by atoms with E-state index in [0.29, 0.717) is 17.3 Å². The van der Waals surface area contributed by atoms with Gasteiger partial charge in [0.15, 0.2) is 0 Å². The summed E-state index contributed by atoms with van der Waals surface area (Å²) >= 11 is 1.36. The molecule has 1 aliphatic rings. The van der Waals surface area contributed by atoms with Crippen LogP contribution < -0.4 is 5.32 Å². The quantitative estimate of drug-likeness (QED) is 0.867. The van der Waals surface area contributed by atoms with E-state index in [-0.39, 0.29) is 12.0 Å². The van der Waals surface area contributed by atoms with Gasteiger partial charge in [0.25, 0.3) is 5.91 Å². The van der Waals surface area contributed by atoms with Crippen LogP contribution in [0.2, 0.25) is 0 Å². The Hall–Kier alpha value is -0.980. The summed E-state index contributed by atoms with van der Waals surface area (Å²) in [4.78, 5) is 18.8. The first kappa shape index (κ1) is 15.4. The Morgan fingerprint density at radius 2 is 2.50 bits per heavy atom. The van der Waals surface area contributed by atoms with Gasteiger partial charge in [0.05, 0.1) is 24.4 Å². The molecule has 20 heavy (non-hydrogen) atoms. The maximum Gasteiger partial charge on any atom is 0.262 e. The van der Waals surface area contributed by atoms with E-state index >= 15 is 0 Å². The molecular weight excluding hydrogens is 274 g/mol. The Labute approximate surface area is 124 Å². The number of nitrogens with one attached hydrogen (secondary N) is 1. The summed E-state index contributed by atoms with van der Waals surface area (Å²) in [7, 11) is 0. The Kier molecular flexibility index (Phi) is 5.94. The molecule has 1 aliphatic heterocycles. The van der Waals surface area contributed by atoms with Crippen LogP contribution in [0, 0.1) is 5.92 Å². The van der Waals surface area contributed by atoms with Gasteiger partial charge < -0.3 is 10.1 Å². The second kappa shape index (κ2) is 7.71. The highest BCUT2D eigenvalue weighted by Crippen LogP contribution is 2.10. The van der Waals surface area contributed by atoms with Crippen molar-refractivity contribution in [2.75, 3.05) is 32.8 Å². The van der Waals surface area contributed by atoms with Crippen LogP contribution in [-0.2, 0) is 4.74 Å². The van der Waals surface area contributed by atoms with E-state index in [1.54, 1.807) is 11.7 Å². The third-order valence-electron chi connectivity index (χ3n) is 3.25. The molecule has 1 amide bonds. The summed E-state index contributed by atoms with van der Waals surface area (Å²) in [6.07, 6.45) is 2.69. The predicted molar refractivity (Wildman–Crippen MR) is 80.1 cm³/mol. The Bertz CT molecular complexity index is 409. The number of hydrogen-bond acceptors (Lipinski definition) is 5. The molecule has 0 saturated carbocycles. The molecule has 6 heteroatoms. The topological polar surface area (TPSA) is 54.5 Å². The van der Waals surface area contributed by atoms with Crippen molar-refractivity contribution in [1.82, 2.24) is 15.2 Å². The first-order chi connectivity index (χ1) is 9.65.